The molecule has 1 unspecified atom stereocenters. The predicted octanol–water partition coefficient (Wildman–Crippen LogP) is 1.31. The van der Waals surface area contributed by atoms with E-state index in [1.807, 2.05) is 0 Å². The molecule has 6 nitrogen and oxygen atoms in total. The topological polar surface area (TPSA) is 77.0 Å². The number of hydrogen-bond donors (Lipinski definition) is 1. The third kappa shape index (κ3) is 4.45. The molecule has 0 bridgehead atoms. The highest BCUT2D eigenvalue weighted by molar-refractivity contribution is 5.92. The predicted molar refractivity (Wildman–Crippen MR) is 79.8 cm³/mol. The van der Waals surface area contributed by atoms with Gasteiger partial charge in [-0.25, -0.2) is 0 Å². The van der Waals surface area contributed by atoms with Crippen LogP contribution in [0, 0.1) is 5.92 Å². The molecule has 2 N–H and O–H groups in total. The van der Waals surface area contributed by atoms with Crippen LogP contribution in [0.3, 0.4) is 0 Å². The number of hydrogen-bond acceptors (Lipinski definition) is 4. The largest absolute Gasteiger partial charge is 0.336 e. The van der Waals surface area contributed by atoms with Crippen LogP contribution in [-0.4, -0.2) is 44.9 Å². The summed E-state index contributed by atoms with van der Waals surface area (Å²) < 4.78 is 1.75. The standard InChI is InChI=1S/C13H23N5O.ClH/c1-10(2)5-7-18-9-12(15-16-18)13(19)17-6-3-4-11(14)8-17;/h9-11H,3-8,14H2,1-2H3;1H. The van der Waals surface area contributed by atoms with Crippen molar-refractivity contribution < 1.29 is 4.79 Å². The normalized spacial score (nSPS) is 19.0. The van der Waals surface area contributed by atoms with Crippen molar-refractivity contribution in [1.82, 2.24) is 19.9 Å². The third-order valence-corrected chi connectivity index (χ3v) is 3.44. The smallest absolute Gasteiger partial charge is 0.276 e. The Morgan fingerprint density at radius 1 is 1.55 bits per heavy atom. The fraction of sp³-hybridized carbons (Fsp3) is 0.769. The number of amides is 1. The molecule has 7 heteroatoms. The van der Waals surface area contributed by atoms with Gasteiger partial charge in [0.2, 0.25) is 0 Å². The average molecular weight is 302 g/mol. The maximum absolute atomic E-state index is 12.3. The van der Waals surface area contributed by atoms with Crippen LogP contribution in [-0.2, 0) is 6.54 Å². The van der Waals surface area contributed by atoms with E-state index in [9.17, 15) is 4.79 Å². The summed E-state index contributed by atoms with van der Waals surface area (Å²) in [6, 6.07) is 0.0914. The van der Waals surface area contributed by atoms with E-state index >= 15 is 0 Å². The Morgan fingerprint density at radius 3 is 2.95 bits per heavy atom. The molecule has 2 heterocycles. The van der Waals surface area contributed by atoms with E-state index in [0.717, 1.165) is 32.4 Å². The first kappa shape index (κ1) is 16.9. The van der Waals surface area contributed by atoms with Crippen LogP contribution in [0.5, 0.6) is 0 Å². The summed E-state index contributed by atoms with van der Waals surface area (Å²) in [5.74, 6) is 0.564. The molecule has 1 saturated heterocycles. The van der Waals surface area contributed by atoms with E-state index < -0.39 is 0 Å². The monoisotopic (exact) mass is 301 g/mol. The fourth-order valence-corrected chi connectivity index (χ4v) is 2.25. The third-order valence-electron chi connectivity index (χ3n) is 3.44. The first-order valence-electron chi connectivity index (χ1n) is 7.01. The minimum Gasteiger partial charge on any atom is -0.336 e. The van der Waals surface area contributed by atoms with Crippen LogP contribution in [0.1, 0.15) is 43.6 Å². The first-order valence-corrected chi connectivity index (χ1v) is 7.01. The van der Waals surface area contributed by atoms with Gasteiger partial charge in [-0.15, -0.1) is 17.5 Å². The highest BCUT2D eigenvalue weighted by Gasteiger charge is 2.24. The maximum Gasteiger partial charge on any atom is 0.276 e. The SMILES string of the molecule is CC(C)CCn1cc(C(=O)N2CCCC(N)C2)nn1.Cl. The summed E-state index contributed by atoms with van der Waals surface area (Å²) in [7, 11) is 0. The van der Waals surface area contributed by atoms with Crippen LogP contribution in [0.4, 0.5) is 0 Å². The number of piperidine rings is 1. The lowest BCUT2D eigenvalue weighted by Crippen LogP contribution is -2.45. The number of rotatable bonds is 4. The molecule has 1 fully saturated rings. The van der Waals surface area contributed by atoms with Crippen molar-refractivity contribution >= 4 is 18.3 Å². The van der Waals surface area contributed by atoms with Crippen molar-refractivity contribution in [3.8, 4) is 0 Å². The van der Waals surface area contributed by atoms with Crippen molar-refractivity contribution in [3.05, 3.63) is 11.9 Å². The van der Waals surface area contributed by atoms with Gasteiger partial charge in [-0.2, -0.15) is 0 Å². The Labute approximate surface area is 126 Å². The summed E-state index contributed by atoms with van der Waals surface area (Å²) in [4.78, 5) is 14.0. The van der Waals surface area contributed by atoms with E-state index in [1.165, 1.54) is 0 Å². The van der Waals surface area contributed by atoms with E-state index in [2.05, 4.69) is 24.2 Å². The van der Waals surface area contributed by atoms with Gasteiger partial charge in [0.15, 0.2) is 5.69 Å². The zero-order valence-corrected chi connectivity index (χ0v) is 13.0. The number of halogens is 1. The molecule has 1 atom stereocenters. The molecule has 0 aromatic carbocycles. The Kier molecular flexibility index (Phi) is 6.42. The summed E-state index contributed by atoms with van der Waals surface area (Å²) >= 11 is 0. The summed E-state index contributed by atoms with van der Waals surface area (Å²) in [6.07, 6.45) is 4.73. The number of aryl methyl sites for hydroxylation is 1. The quantitative estimate of drug-likeness (QED) is 0.909. The first-order chi connectivity index (χ1) is 9.06. The highest BCUT2D eigenvalue weighted by Crippen LogP contribution is 2.11. The van der Waals surface area contributed by atoms with Crippen LogP contribution in [0.2, 0.25) is 0 Å². The van der Waals surface area contributed by atoms with Gasteiger partial charge in [-0.1, -0.05) is 19.1 Å². The van der Waals surface area contributed by atoms with Crippen LogP contribution in [0.15, 0.2) is 6.20 Å². The number of likely N-dealkylation sites (tertiary alicyclic amines) is 1. The minimum atomic E-state index is -0.0500. The number of nitrogens with two attached hydrogens (primary N) is 1. The Balaban J connectivity index is 0.00000200. The number of nitrogens with zero attached hydrogens (tertiary/aromatic N) is 4. The molecule has 20 heavy (non-hydrogen) atoms. The van der Waals surface area contributed by atoms with E-state index in [-0.39, 0.29) is 24.4 Å². The molecule has 0 spiro atoms. The average Bonchev–Trinajstić information content (AvgIpc) is 2.84. The molecule has 0 radical (unpaired) electrons. The summed E-state index contributed by atoms with van der Waals surface area (Å²) in [5, 5.41) is 7.99. The molecule has 0 saturated carbocycles. The molecule has 1 amide bonds. The van der Waals surface area contributed by atoms with E-state index in [4.69, 9.17) is 5.73 Å². The lowest BCUT2D eigenvalue weighted by atomic mass is 10.1. The van der Waals surface area contributed by atoms with Gasteiger partial charge in [0.1, 0.15) is 0 Å². The van der Waals surface area contributed by atoms with Gasteiger partial charge in [0.05, 0.1) is 6.20 Å². The van der Waals surface area contributed by atoms with Gasteiger partial charge in [-0.05, 0) is 25.2 Å². The Hall–Kier alpha value is -1.14. The van der Waals surface area contributed by atoms with Gasteiger partial charge in [0, 0.05) is 25.7 Å². The van der Waals surface area contributed by atoms with Crippen molar-refractivity contribution in [2.45, 2.75) is 45.7 Å². The molecule has 2 rings (SSSR count). The second kappa shape index (κ2) is 7.59. The molecule has 0 aliphatic carbocycles. The van der Waals surface area contributed by atoms with Crippen molar-refractivity contribution in [2.24, 2.45) is 11.7 Å². The Morgan fingerprint density at radius 2 is 2.30 bits per heavy atom. The maximum atomic E-state index is 12.3. The van der Waals surface area contributed by atoms with Gasteiger partial charge >= 0.3 is 0 Å². The van der Waals surface area contributed by atoms with Gasteiger partial charge in [0.25, 0.3) is 5.91 Å². The zero-order valence-electron chi connectivity index (χ0n) is 12.2. The van der Waals surface area contributed by atoms with Crippen molar-refractivity contribution in [3.63, 3.8) is 0 Å². The molecule has 1 aromatic rings. The number of carbonyl (C=O) groups is 1. The minimum absolute atomic E-state index is 0. The fourth-order valence-electron chi connectivity index (χ4n) is 2.25. The zero-order chi connectivity index (χ0) is 13.8. The Bertz CT molecular complexity index is 434. The van der Waals surface area contributed by atoms with Gasteiger partial charge in [-0.3, -0.25) is 9.48 Å². The second-order valence-corrected chi connectivity index (χ2v) is 5.70. The van der Waals surface area contributed by atoms with Crippen molar-refractivity contribution in [2.75, 3.05) is 13.1 Å². The van der Waals surface area contributed by atoms with Crippen LogP contribution >= 0.6 is 12.4 Å². The summed E-state index contributed by atoms with van der Waals surface area (Å²) in [5.41, 5.74) is 6.32. The van der Waals surface area contributed by atoms with Gasteiger partial charge < -0.3 is 10.6 Å². The summed E-state index contributed by atoms with van der Waals surface area (Å²) in [6.45, 7) is 6.52. The molecular weight excluding hydrogens is 278 g/mol. The molecular formula is C13H24ClN5O. The van der Waals surface area contributed by atoms with Crippen molar-refractivity contribution in [1.29, 1.82) is 0 Å². The number of carbonyl (C=O) groups excluding carboxylic acids is 1. The number of aromatic nitrogens is 3. The molecule has 1 aliphatic heterocycles. The molecule has 114 valence electrons. The molecule has 1 aromatic heterocycles. The molecule has 1 aliphatic rings. The van der Waals surface area contributed by atoms with E-state index in [1.54, 1.807) is 15.8 Å². The lowest BCUT2D eigenvalue weighted by molar-refractivity contribution is 0.0702. The highest BCUT2D eigenvalue weighted by atomic mass is 35.5. The lowest BCUT2D eigenvalue weighted by Gasteiger charge is -2.30. The van der Waals surface area contributed by atoms with Crippen LogP contribution in [0.25, 0.3) is 0 Å². The van der Waals surface area contributed by atoms with E-state index in [0.29, 0.717) is 18.2 Å². The van der Waals surface area contributed by atoms with Crippen LogP contribution < -0.4 is 5.73 Å². The second-order valence-electron chi connectivity index (χ2n) is 5.70.